The third-order valence-electron chi connectivity index (χ3n) is 5.77. The van der Waals surface area contributed by atoms with E-state index in [-0.39, 0.29) is 11.9 Å². The Labute approximate surface area is 206 Å². The Balaban J connectivity index is 1.54. The van der Waals surface area contributed by atoms with Gasteiger partial charge >= 0.3 is 11.8 Å². The number of carbonyl (C=O) groups excluding carboxylic acids is 1. The van der Waals surface area contributed by atoms with Gasteiger partial charge in [0.2, 0.25) is 0 Å². The van der Waals surface area contributed by atoms with Gasteiger partial charge in [0, 0.05) is 55.0 Å². The summed E-state index contributed by atoms with van der Waals surface area (Å²) in [4.78, 5) is 34.6. The third-order valence-corrected chi connectivity index (χ3v) is 5.77. The summed E-state index contributed by atoms with van der Waals surface area (Å²) in [5.41, 5.74) is 5.01. The number of hydrogen-bond acceptors (Lipinski definition) is 8. The number of carbonyl (C=O) groups is 1. The molecule has 1 fully saturated rings. The van der Waals surface area contributed by atoms with Crippen LogP contribution in [0.4, 0.5) is 16.3 Å². The Morgan fingerprint density at radius 2 is 1.81 bits per heavy atom. The Bertz CT molecular complexity index is 1410. The quantitative estimate of drug-likeness (QED) is 0.377. The van der Waals surface area contributed by atoms with E-state index in [1.54, 1.807) is 18.6 Å². The van der Waals surface area contributed by atoms with Crippen molar-refractivity contribution in [3.8, 4) is 33.7 Å². The van der Waals surface area contributed by atoms with Crippen molar-refractivity contribution < 1.29 is 13.9 Å². The maximum atomic E-state index is 12.1. The lowest BCUT2D eigenvalue weighted by Gasteiger charge is -2.29. The van der Waals surface area contributed by atoms with Gasteiger partial charge in [0.15, 0.2) is 0 Å². The average Bonchev–Trinajstić information content (AvgIpc) is 3.36. The molecule has 0 bridgehead atoms. The van der Waals surface area contributed by atoms with E-state index in [2.05, 4.69) is 47.8 Å². The van der Waals surface area contributed by atoms with Gasteiger partial charge in [-0.15, -0.1) is 5.10 Å². The van der Waals surface area contributed by atoms with Crippen LogP contribution in [0.15, 0.2) is 64.2 Å². The Hall–Kier alpha value is -4.51. The van der Waals surface area contributed by atoms with Crippen LogP contribution in [-0.2, 0) is 4.74 Å². The predicted molar refractivity (Wildman–Crippen MR) is 135 cm³/mol. The Morgan fingerprint density at radius 3 is 2.53 bits per heavy atom. The van der Waals surface area contributed by atoms with Crippen molar-refractivity contribution in [2.24, 2.45) is 0 Å². The highest BCUT2D eigenvalue weighted by molar-refractivity contribution is 5.91. The van der Waals surface area contributed by atoms with Crippen molar-refractivity contribution in [3.05, 3.63) is 65.5 Å². The summed E-state index contributed by atoms with van der Waals surface area (Å²) < 4.78 is 10.5. The molecule has 36 heavy (non-hydrogen) atoms. The van der Waals surface area contributed by atoms with Crippen LogP contribution < -0.4 is 21.3 Å². The van der Waals surface area contributed by atoms with E-state index in [1.807, 2.05) is 31.2 Å². The molecule has 1 aromatic carbocycles. The van der Waals surface area contributed by atoms with Gasteiger partial charge in [-0.3, -0.25) is 10.3 Å². The fourth-order valence-corrected chi connectivity index (χ4v) is 4.04. The molecule has 1 saturated heterocycles. The van der Waals surface area contributed by atoms with E-state index in [0.717, 1.165) is 41.0 Å². The molecule has 0 saturated carbocycles. The summed E-state index contributed by atoms with van der Waals surface area (Å²) in [7, 11) is 0. The van der Waals surface area contributed by atoms with E-state index >= 15 is 0 Å². The molecule has 3 aromatic heterocycles. The van der Waals surface area contributed by atoms with Gasteiger partial charge in [0.1, 0.15) is 5.82 Å². The van der Waals surface area contributed by atoms with Gasteiger partial charge in [-0.25, -0.2) is 19.7 Å². The highest BCUT2D eigenvalue weighted by Gasteiger charge is 2.16. The van der Waals surface area contributed by atoms with Crippen molar-refractivity contribution in [1.29, 1.82) is 0 Å². The lowest BCUT2D eigenvalue weighted by atomic mass is 9.96. The van der Waals surface area contributed by atoms with E-state index in [9.17, 15) is 9.59 Å². The highest BCUT2D eigenvalue weighted by Crippen LogP contribution is 2.35. The zero-order valence-electron chi connectivity index (χ0n) is 19.7. The summed E-state index contributed by atoms with van der Waals surface area (Å²) in [5, 5.41) is 11.6. The van der Waals surface area contributed by atoms with Crippen molar-refractivity contribution >= 4 is 17.5 Å². The first kappa shape index (κ1) is 23.2. The van der Waals surface area contributed by atoms with Crippen LogP contribution in [-0.4, -0.2) is 59.0 Å². The number of benzene rings is 1. The number of anilines is 2. The molecule has 11 nitrogen and oxygen atoms in total. The van der Waals surface area contributed by atoms with Crippen LogP contribution in [0.1, 0.15) is 6.92 Å². The monoisotopic (exact) mass is 487 g/mol. The predicted octanol–water partition coefficient (Wildman–Crippen LogP) is 3.13. The van der Waals surface area contributed by atoms with Crippen LogP contribution in [0.2, 0.25) is 0 Å². The van der Waals surface area contributed by atoms with Gasteiger partial charge in [-0.2, -0.15) is 0 Å². The smallest absolute Gasteiger partial charge is 0.388 e. The number of morpholine rings is 1. The zero-order chi connectivity index (χ0) is 24.9. The van der Waals surface area contributed by atoms with Crippen molar-refractivity contribution in [3.63, 3.8) is 0 Å². The highest BCUT2D eigenvalue weighted by atomic mass is 16.5. The second kappa shape index (κ2) is 10.4. The molecule has 4 aromatic rings. The number of nitrogens with zero attached hydrogens (tertiary/aromatic N) is 4. The molecular weight excluding hydrogens is 462 g/mol. The number of aromatic nitrogens is 4. The first-order valence-corrected chi connectivity index (χ1v) is 11.6. The summed E-state index contributed by atoms with van der Waals surface area (Å²) >= 11 is 0. The van der Waals surface area contributed by atoms with Gasteiger partial charge in [0.25, 0.3) is 5.89 Å². The number of aromatic amines is 1. The molecule has 184 valence electrons. The minimum atomic E-state index is -0.640. The lowest BCUT2D eigenvalue weighted by Crippen LogP contribution is -2.36. The molecule has 1 aliphatic rings. The summed E-state index contributed by atoms with van der Waals surface area (Å²) in [6.07, 6.45) is 4.96. The zero-order valence-corrected chi connectivity index (χ0v) is 19.7. The van der Waals surface area contributed by atoms with Crippen LogP contribution in [0.5, 0.6) is 0 Å². The van der Waals surface area contributed by atoms with E-state index in [0.29, 0.717) is 31.1 Å². The second-order valence-corrected chi connectivity index (χ2v) is 8.13. The number of hydrogen-bond donors (Lipinski definition) is 3. The van der Waals surface area contributed by atoms with Gasteiger partial charge in [0.05, 0.1) is 18.8 Å². The normalized spacial score (nSPS) is 13.4. The number of ether oxygens (including phenoxy) is 1. The van der Waals surface area contributed by atoms with E-state index in [1.165, 1.54) is 0 Å². The molecule has 11 heteroatoms. The topological polar surface area (TPSA) is 138 Å². The van der Waals surface area contributed by atoms with Crippen LogP contribution in [0.25, 0.3) is 33.7 Å². The van der Waals surface area contributed by atoms with Gasteiger partial charge in [-0.1, -0.05) is 12.1 Å². The molecule has 2 amide bonds. The molecule has 0 radical (unpaired) electrons. The SMILES string of the molecule is CCNC(=O)Nc1cc(-c2ccc(N3CCOCC3)cc2)c(-c2cncc(-c3n[nH]c(=O)o3)c2)cn1. The van der Waals surface area contributed by atoms with Crippen molar-refractivity contribution in [1.82, 2.24) is 25.5 Å². The molecule has 1 aliphatic heterocycles. The fourth-order valence-electron chi connectivity index (χ4n) is 4.04. The minimum absolute atomic E-state index is 0.147. The number of nitrogens with one attached hydrogen (secondary N) is 3. The minimum Gasteiger partial charge on any atom is -0.388 e. The molecule has 0 atom stereocenters. The lowest BCUT2D eigenvalue weighted by molar-refractivity contribution is 0.122. The molecule has 4 heterocycles. The summed E-state index contributed by atoms with van der Waals surface area (Å²) in [5.74, 6) is -0.0773. The Kier molecular flexibility index (Phi) is 6.72. The molecule has 0 aliphatic carbocycles. The first-order valence-electron chi connectivity index (χ1n) is 11.6. The number of amides is 2. The van der Waals surface area contributed by atoms with Crippen molar-refractivity contribution in [2.45, 2.75) is 6.92 Å². The van der Waals surface area contributed by atoms with Gasteiger partial charge in [-0.05, 0) is 42.3 Å². The number of rotatable bonds is 6. The molecule has 0 unspecified atom stereocenters. The number of urea groups is 1. The van der Waals surface area contributed by atoms with Crippen LogP contribution in [0, 0.1) is 0 Å². The molecule has 3 N–H and O–H groups in total. The van der Waals surface area contributed by atoms with E-state index in [4.69, 9.17) is 9.15 Å². The maximum absolute atomic E-state index is 12.1. The third kappa shape index (κ3) is 5.10. The Morgan fingerprint density at radius 1 is 1.03 bits per heavy atom. The fraction of sp³-hybridized carbons (Fsp3) is 0.240. The van der Waals surface area contributed by atoms with E-state index < -0.39 is 5.76 Å². The molecule has 5 rings (SSSR count). The van der Waals surface area contributed by atoms with Crippen LogP contribution >= 0.6 is 0 Å². The largest absolute Gasteiger partial charge is 0.434 e. The first-order chi connectivity index (χ1) is 17.6. The van der Waals surface area contributed by atoms with Crippen LogP contribution in [0.3, 0.4) is 0 Å². The standard InChI is InChI=1S/C25H25N7O4/c1-2-27-24(33)29-22-12-20(16-3-5-19(6-4-16)32-7-9-35-10-8-32)21(15-28-22)17-11-18(14-26-13-17)23-30-31-25(34)36-23/h3-6,11-15H,2,7-10H2,1H3,(H,31,34)(H2,27,28,29,33). The van der Waals surface area contributed by atoms with Crippen molar-refractivity contribution in [2.75, 3.05) is 43.1 Å². The maximum Gasteiger partial charge on any atom is 0.434 e. The van der Waals surface area contributed by atoms with Gasteiger partial charge < -0.3 is 19.4 Å². The number of pyridine rings is 2. The second-order valence-electron chi connectivity index (χ2n) is 8.13. The molecular formula is C25H25N7O4. The summed E-state index contributed by atoms with van der Waals surface area (Å²) in [6.45, 7) is 5.47. The average molecular weight is 488 g/mol. The number of H-pyrrole nitrogens is 1. The molecule has 0 spiro atoms. The summed E-state index contributed by atoms with van der Waals surface area (Å²) in [6, 6.07) is 11.6.